The van der Waals surface area contributed by atoms with Crippen molar-refractivity contribution in [2.24, 2.45) is 0 Å². The number of benzene rings is 1. The summed E-state index contributed by atoms with van der Waals surface area (Å²) in [6, 6.07) is 5.55. The summed E-state index contributed by atoms with van der Waals surface area (Å²) >= 11 is 3.51. The average Bonchev–Trinajstić information content (AvgIpc) is 2.47. The van der Waals surface area contributed by atoms with Gasteiger partial charge in [-0.1, -0.05) is 12.1 Å². The van der Waals surface area contributed by atoms with Crippen LogP contribution in [0.3, 0.4) is 0 Å². The zero-order chi connectivity index (χ0) is 14.8. The third-order valence-electron chi connectivity index (χ3n) is 3.15. The smallest absolute Gasteiger partial charge is 0.262 e. The van der Waals surface area contributed by atoms with Gasteiger partial charge in [0.05, 0.1) is 5.25 Å². The molecule has 110 valence electrons. The maximum atomic E-state index is 13.3. The summed E-state index contributed by atoms with van der Waals surface area (Å²) in [7, 11) is 0. The lowest BCUT2D eigenvalue weighted by Crippen LogP contribution is -2.18. The van der Waals surface area contributed by atoms with Gasteiger partial charge in [0.15, 0.2) is 0 Å². The summed E-state index contributed by atoms with van der Waals surface area (Å²) in [6.45, 7) is 0. The fourth-order valence-corrected chi connectivity index (χ4v) is 4.80. The molecule has 4 nitrogen and oxygen atoms in total. The molecule has 1 aliphatic heterocycles. The molecule has 7 heteroatoms. The number of hydrogen-bond donors (Lipinski definition) is 2. The van der Waals surface area contributed by atoms with Gasteiger partial charge in [-0.05, 0) is 17.7 Å². The van der Waals surface area contributed by atoms with Crippen molar-refractivity contribution >= 4 is 23.5 Å². The lowest BCUT2D eigenvalue weighted by Gasteiger charge is -2.20. The zero-order valence-electron chi connectivity index (χ0n) is 11.0. The van der Waals surface area contributed by atoms with Crippen LogP contribution in [0.5, 0.6) is 5.88 Å². The first-order chi connectivity index (χ1) is 10.1. The molecule has 0 aliphatic carbocycles. The molecule has 1 saturated heterocycles. The van der Waals surface area contributed by atoms with Gasteiger partial charge < -0.3 is 10.1 Å². The number of rotatable bonds is 2. The highest BCUT2D eigenvalue weighted by Gasteiger charge is 2.22. The standard InChI is InChI=1S/C14H13FN2O2S2/c15-9-3-1-2-8(6-9)11-13(18)16-12(17-14(11)19)10-7-20-4-5-21-10/h1-3,6,10H,4-5,7H2,(H2,16,17,18,19). The highest BCUT2D eigenvalue weighted by Crippen LogP contribution is 2.36. The Morgan fingerprint density at radius 2 is 2.24 bits per heavy atom. The minimum Gasteiger partial charge on any atom is -0.493 e. The van der Waals surface area contributed by atoms with E-state index in [4.69, 9.17) is 0 Å². The van der Waals surface area contributed by atoms with E-state index >= 15 is 0 Å². The molecule has 0 radical (unpaired) electrons. The van der Waals surface area contributed by atoms with Gasteiger partial charge in [-0.2, -0.15) is 16.7 Å². The predicted octanol–water partition coefficient (Wildman–Crippen LogP) is 2.80. The maximum absolute atomic E-state index is 13.3. The second kappa shape index (κ2) is 6.11. The largest absolute Gasteiger partial charge is 0.493 e. The second-order valence-electron chi connectivity index (χ2n) is 4.59. The van der Waals surface area contributed by atoms with Crippen LogP contribution in [0.25, 0.3) is 11.1 Å². The monoisotopic (exact) mass is 324 g/mol. The molecule has 2 heterocycles. The molecular formula is C14H13FN2O2S2. The van der Waals surface area contributed by atoms with Gasteiger partial charge in [-0.15, -0.1) is 11.8 Å². The van der Waals surface area contributed by atoms with Crippen LogP contribution in [-0.4, -0.2) is 32.3 Å². The quantitative estimate of drug-likeness (QED) is 0.889. The van der Waals surface area contributed by atoms with Crippen molar-refractivity contribution in [2.45, 2.75) is 5.25 Å². The van der Waals surface area contributed by atoms with Gasteiger partial charge in [-0.25, -0.2) is 4.39 Å². The summed E-state index contributed by atoms with van der Waals surface area (Å²) in [5.74, 6) is 2.59. The number of H-pyrrole nitrogens is 1. The Kier molecular flexibility index (Phi) is 4.21. The maximum Gasteiger partial charge on any atom is 0.262 e. The number of aromatic hydroxyl groups is 1. The Labute approximate surface area is 129 Å². The second-order valence-corrected chi connectivity index (χ2v) is 7.05. The molecule has 0 saturated carbocycles. The molecule has 1 aromatic carbocycles. The molecule has 3 rings (SSSR count). The van der Waals surface area contributed by atoms with Crippen LogP contribution in [0.4, 0.5) is 4.39 Å². The molecule has 1 fully saturated rings. The number of nitrogens with zero attached hydrogens (tertiary/aromatic N) is 1. The molecule has 2 aromatic rings. The van der Waals surface area contributed by atoms with Gasteiger partial charge in [-0.3, -0.25) is 4.79 Å². The highest BCUT2D eigenvalue weighted by molar-refractivity contribution is 8.06. The number of aromatic nitrogens is 2. The Bertz CT molecular complexity index is 714. The third-order valence-corrected chi connectivity index (χ3v) is 5.92. The first-order valence-corrected chi connectivity index (χ1v) is 8.64. The SMILES string of the molecule is O=c1[nH]c(C2CSCCS2)nc(O)c1-c1cccc(F)c1. The van der Waals surface area contributed by atoms with Crippen LogP contribution in [0, 0.1) is 5.82 Å². The summed E-state index contributed by atoms with van der Waals surface area (Å²) in [5.41, 5.74) is -0.121. The van der Waals surface area contributed by atoms with E-state index in [1.807, 2.05) is 0 Å². The van der Waals surface area contributed by atoms with Crippen molar-refractivity contribution in [3.05, 3.63) is 46.3 Å². The van der Waals surface area contributed by atoms with Crippen molar-refractivity contribution in [2.75, 3.05) is 17.3 Å². The molecule has 1 aliphatic rings. The number of aromatic amines is 1. The molecule has 0 bridgehead atoms. The van der Waals surface area contributed by atoms with E-state index in [1.54, 1.807) is 29.6 Å². The summed E-state index contributed by atoms with van der Waals surface area (Å²) in [4.78, 5) is 19.0. The highest BCUT2D eigenvalue weighted by atomic mass is 32.2. The van der Waals surface area contributed by atoms with E-state index in [0.29, 0.717) is 11.4 Å². The predicted molar refractivity (Wildman–Crippen MR) is 84.4 cm³/mol. The number of hydrogen-bond acceptors (Lipinski definition) is 5. The molecule has 1 atom stereocenters. The van der Waals surface area contributed by atoms with E-state index in [-0.39, 0.29) is 16.7 Å². The van der Waals surface area contributed by atoms with E-state index < -0.39 is 11.4 Å². The van der Waals surface area contributed by atoms with Crippen LogP contribution in [0.15, 0.2) is 29.1 Å². The summed E-state index contributed by atoms with van der Waals surface area (Å²) in [6.07, 6.45) is 0. The zero-order valence-corrected chi connectivity index (χ0v) is 12.6. The van der Waals surface area contributed by atoms with Crippen LogP contribution < -0.4 is 5.56 Å². The molecule has 1 aromatic heterocycles. The fraction of sp³-hybridized carbons (Fsp3) is 0.286. The van der Waals surface area contributed by atoms with Crippen LogP contribution in [0.1, 0.15) is 11.1 Å². The molecule has 2 N–H and O–H groups in total. The van der Waals surface area contributed by atoms with E-state index in [1.165, 1.54) is 18.2 Å². The summed E-state index contributed by atoms with van der Waals surface area (Å²) < 4.78 is 13.3. The fourth-order valence-electron chi connectivity index (χ4n) is 2.18. The van der Waals surface area contributed by atoms with Gasteiger partial charge in [0, 0.05) is 17.3 Å². The minimum absolute atomic E-state index is 0.00622. The first-order valence-electron chi connectivity index (χ1n) is 6.43. The van der Waals surface area contributed by atoms with Crippen LogP contribution >= 0.6 is 23.5 Å². The summed E-state index contributed by atoms with van der Waals surface area (Å²) in [5, 5.41) is 10.2. The number of thioether (sulfide) groups is 2. The first kappa shape index (κ1) is 14.5. The normalized spacial score (nSPS) is 18.6. The van der Waals surface area contributed by atoms with Gasteiger partial charge in [0.2, 0.25) is 5.88 Å². The Balaban J connectivity index is 2.02. The molecule has 0 amide bonds. The van der Waals surface area contributed by atoms with Crippen molar-refractivity contribution < 1.29 is 9.50 Å². The van der Waals surface area contributed by atoms with Crippen LogP contribution in [0.2, 0.25) is 0 Å². The van der Waals surface area contributed by atoms with Gasteiger partial charge in [0.1, 0.15) is 17.2 Å². The van der Waals surface area contributed by atoms with E-state index in [9.17, 15) is 14.3 Å². The topological polar surface area (TPSA) is 66.0 Å². The van der Waals surface area contributed by atoms with E-state index in [0.717, 1.165) is 17.3 Å². The van der Waals surface area contributed by atoms with E-state index in [2.05, 4.69) is 9.97 Å². The number of halogens is 1. The van der Waals surface area contributed by atoms with Crippen molar-refractivity contribution in [3.8, 4) is 17.0 Å². The molecular weight excluding hydrogens is 311 g/mol. The molecule has 0 spiro atoms. The average molecular weight is 324 g/mol. The van der Waals surface area contributed by atoms with Gasteiger partial charge in [0.25, 0.3) is 5.56 Å². The Morgan fingerprint density at radius 1 is 1.38 bits per heavy atom. The Hall–Kier alpha value is -1.47. The van der Waals surface area contributed by atoms with Crippen LogP contribution in [-0.2, 0) is 0 Å². The molecule has 21 heavy (non-hydrogen) atoms. The number of nitrogens with one attached hydrogen (secondary N) is 1. The van der Waals surface area contributed by atoms with Crippen molar-refractivity contribution in [1.82, 2.24) is 9.97 Å². The Morgan fingerprint density at radius 3 is 2.90 bits per heavy atom. The van der Waals surface area contributed by atoms with Gasteiger partial charge >= 0.3 is 0 Å². The minimum atomic E-state index is -0.463. The molecule has 1 unspecified atom stereocenters. The lowest BCUT2D eigenvalue weighted by molar-refractivity contribution is 0.450. The van der Waals surface area contributed by atoms with Crippen molar-refractivity contribution in [3.63, 3.8) is 0 Å². The van der Waals surface area contributed by atoms with Crippen molar-refractivity contribution in [1.29, 1.82) is 0 Å². The third kappa shape index (κ3) is 3.08. The lowest BCUT2D eigenvalue weighted by atomic mass is 10.1.